The van der Waals surface area contributed by atoms with Crippen molar-refractivity contribution in [2.75, 3.05) is 0 Å². The SMILES string of the molecule is CCC12CC(C)(O)C(O)(c3ccccc3)CC1C(C)C(C)c1cc(O)ccc12. The summed E-state index contributed by atoms with van der Waals surface area (Å²) in [5, 5.41) is 33.5. The van der Waals surface area contributed by atoms with Gasteiger partial charge in [-0.25, -0.2) is 0 Å². The number of phenolic OH excluding ortho intramolecular Hbond substituents is 1. The Hall–Kier alpha value is -1.84. The molecule has 1 saturated carbocycles. The van der Waals surface area contributed by atoms with E-state index in [0.717, 1.165) is 12.0 Å². The molecule has 2 aliphatic carbocycles. The smallest absolute Gasteiger partial charge is 0.118 e. The third-order valence-electron chi connectivity index (χ3n) is 8.14. The van der Waals surface area contributed by atoms with Gasteiger partial charge in [-0.2, -0.15) is 0 Å². The molecular formula is C25H32O3. The molecule has 0 radical (unpaired) electrons. The van der Waals surface area contributed by atoms with Gasteiger partial charge in [-0.15, -0.1) is 0 Å². The van der Waals surface area contributed by atoms with Crippen LogP contribution in [0, 0.1) is 11.8 Å². The van der Waals surface area contributed by atoms with Gasteiger partial charge in [0.1, 0.15) is 11.4 Å². The second-order valence-electron chi connectivity index (χ2n) is 9.42. The Balaban J connectivity index is 1.91. The Labute approximate surface area is 168 Å². The molecule has 6 atom stereocenters. The van der Waals surface area contributed by atoms with Crippen molar-refractivity contribution < 1.29 is 15.3 Å². The van der Waals surface area contributed by atoms with E-state index in [4.69, 9.17) is 0 Å². The van der Waals surface area contributed by atoms with E-state index in [2.05, 4.69) is 20.8 Å². The van der Waals surface area contributed by atoms with Crippen molar-refractivity contribution in [2.24, 2.45) is 11.8 Å². The summed E-state index contributed by atoms with van der Waals surface area (Å²) in [5.74, 6) is 1.16. The van der Waals surface area contributed by atoms with Crippen LogP contribution in [0.5, 0.6) is 5.75 Å². The van der Waals surface area contributed by atoms with Gasteiger partial charge in [0.15, 0.2) is 0 Å². The van der Waals surface area contributed by atoms with Crippen LogP contribution in [0.1, 0.15) is 69.6 Å². The molecule has 0 amide bonds. The van der Waals surface area contributed by atoms with Gasteiger partial charge in [0.2, 0.25) is 0 Å². The highest BCUT2D eigenvalue weighted by atomic mass is 16.4. The van der Waals surface area contributed by atoms with E-state index < -0.39 is 11.2 Å². The molecule has 6 unspecified atom stereocenters. The van der Waals surface area contributed by atoms with Gasteiger partial charge in [0.05, 0.1) is 5.60 Å². The van der Waals surface area contributed by atoms with Crippen LogP contribution in [0.15, 0.2) is 48.5 Å². The van der Waals surface area contributed by atoms with Gasteiger partial charge < -0.3 is 15.3 Å². The van der Waals surface area contributed by atoms with Crippen molar-refractivity contribution in [3.63, 3.8) is 0 Å². The van der Waals surface area contributed by atoms with Gasteiger partial charge in [0.25, 0.3) is 0 Å². The molecule has 0 spiro atoms. The molecular weight excluding hydrogens is 348 g/mol. The number of aromatic hydroxyl groups is 1. The summed E-state index contributed by atoms with van der Waals surface area (Å²) < 4.78 is 0. The zero-order valence-electron chi connectivity index (χ0n) is 17.3. The number of rotatable bonds is 2. The van der Waals surface area contributed by atoms with E-state index in [1.807, 2.05) is 42.5 Å². The Bertz CT molecular complexity index is 875. The average Bonchev–Trinajstić information content (AvgIpc) is 2.68. The Morgan fingerprint density at radius 3 is 2.36 bits per heavy atom. The fraction of sp³-hybridized carbons (Fsp3) is 0.520. The second-order valence-corrected chi connectivity index (χ2v) is 9.42. The Kier molecular flexibility index (Phi) is 4.40. The van der Waals surface area contributed by atoms with E-state index in [1.54, 1.807) is 13.0 Å². The van der Waals surface area contributed by atoms with Crippen LogP contribution < -0.4 is 0 Å². The number of phenols is 1. The minimum atomic E-state index is -1.28. The lowest BCUT2D eigenvalue weighted by Gasteiger charge is -2.61. The predicted octanol–water partition coefficient (Wildman–Crippen LogP) is 4.84. The van der Waals surface area contributed by atoms with Crippen LogP contribution in [0.25, 0.3) is 0 Å². The van der Waals surface area contributed by atoms with Crippen LogP contribution in [0.2, 0.25) is 0 Å². The van der Waals surface area contributed by atoms with Gasteiger partial charge >= 0.3 is 0 Å². The molecule has 150 valence electrons. The Morgan fingerprint density at radius 1 is 1.04 bits per heavy atom. The maximum absolute atomic E-state index is 11.8. The number of benzene rings is 2. The minimum Gasteiger partial charge on any atom is -0.508 e. The quantitative estimate of drug-likeness (QED) is 0.698. The summed E-state index contributed by atoms with van der Waals surface area (Å²) in [6.07, 6.45) is 1.93. The summed E-state index contributed by atoms with van der Waals surface area (Å²) in [4.78, 5) is 0. The molecule has 0 heterocycles. The van der Waals surface area contributed by atoms with Crippen molar-refractivity contribution in [2.45, 2.75) is 69.5 Å². The molecule has 2 aliphatic rings. The molecule has 0 aromatic heterocycles. The first kappa shape index (κ1) is 19.5. The molecule has 3 heteroatoms. The molecule has 3 nitrogen and oxygen atoms in total. The first-order valence-electron chi connectivity index (χ1n) is 10.5. The first-order chi connectivity index (χ1) is 13.2. The molecule has 3 N–H and O–H groups in total. The number of hydrogen-bond donors (Lipinski definition) is 3. The van der Waals surface area contributed by atoms with Crippen molar-refractivity contribution in [3.8, 4) is 5.75 Å². The average molecular weight is 381 g/mol. The molecule has 0 saturated heterocycles. The van der Waals surface area contributed by atoms with E-state index >= 15 is 0 Å². The molecule has 0 aliphatic heterocycles. The van der Waals surface area contributed by atoms with Crippen molar-refractivity contribution in [1.82, 2.24) is 0 Å². The van der Waals surface area contributed by atoms with Crippen LogP contribution >= 0.6 is 0 Å². The lowest BCUT2D eigenvalue weighted by molar-refractivity contribution is -0.211. The third-order valence-corrected chi connectivity index (χ3v) is 8.14. The summed E-state index contributed by atoms with van der Waals surface area (Å²) in [6.45, 7) is 8.46. The summed E-state index contributed by atoms with van der Waals surface area (Å²) in [5.41, 5.74) is 0.474. The van der Waals surface area contributed by atoms with Crippen LogP contribution in [-0.2, 0) is 11.0 Å². The Morgan fingerprint density at radius 2 is 1.71 bits per heavy atom. The summed E-state index contributed by atoms with van der Waals surface area (Å²) in [7, 11) is 0. The van der Waals surface area contributed by atoms with E-state index in [1.165, 1.54) is 11.1 Å². The number of aliphatic hydroxyl groups is 2. The summed E-state index contributed by atoms with van der Waals surface area (Å²) >= 11 is 0. The molecule has 1 fully saturated rings. The van der Waals surface area contributed by atoms with E-state index in [0.29, 0.717) is 24.5 Å². The monoisotopic (exact) mass is 380 g/mol. The van der Waals surface area contributed by atoms with Gasteiger partial charge in [-0.05, 0) is 72.8 Å². The topological polar surface area (TPSA) is 60.7 Å². The number of hydrogen-bond acceptors (Lipinski definition) is 3. The van der Waals surface area contributed by atoms with Gasteiger partial charge in [0, 0.05) is 5.41 Å². The number of fused-ring (bicyclic) bond motifs is 3. The minimum absolute atomic E-state index is 0.209. The van der Waals surface area contributed by atoms with Gasteiger partial charge in [-0.1, -0.05) is 57.2 Å². The lowest BCUT2D eigenvalue weighted by Crippen LogP contribution is -2.63. The second kappa shape index (κ2) is 6.33. The molecule has 2 aromatic carbocycles. The van der Waals surface area contributed by atoms with Gasteiger partial charge in [-0.3, -0.25) is 0 Å². The maximum atomic E-state index is 11.8. The largest absolute Gasteiger partial charge is 0.508 e. The molecule has 0 bridgehead atoms. The van der Waals surface area contributed by atoms with Crippen LogP contribution in [0.4, 0.5) is 0 Å². The van der Waals surface area contributed by atoms with E-state index in [9.17, 15) is 15.3 Å². The highest BCUT2D eigenvalue weighted by Gasteiger charge is 2.62. The fourth-order valence-corrected chi connectivity index (χ4v) is 6.34. The highest BCUT2D eigenvalue weighted by molar-refractivity contribution is 5.47. The van der Waals surface area contributed by atoms with Crippen LogP contribution in [0.3, 0.4) is 0 Å². The van der Waals surface area contributed by atoms with Crippen molar-refractivity contribution in [3.05, 3.63) is 65.2 Å². The molecule has 4 rings (SSSR count). The molecule has 28 heavy (non-hydrogen) atoms. The van der Waals surface area contributed by atoms with Crippen LogP contribution in [-0.4, -0.2) is 20.9 Å². The normalized spacial score (nSPS) is 39.9. The lowest BCUT2D eigenvalue weighted by atomic mass is 9.45. The maximum Gasteiger partial charge on any atom is 0.118 e. The molecule has 2 aromatic rings. The first-order valence-corrected chi connectivity index (χ1v) is 10.5. The predicted molar refractivity (Wildman–Crippen MR) is 111 cm³/mol. The summed E-state index contributed by atoms with van der Waals surface area (Å²) in [6, 6.07) is 15.4. The van der Waals surface area contributed by atoms with E-state index in [-0.39, 0.29) is 17.3 Å². The zero-order chi connectivity index (χ0) is 20.3. The highest BCUT2D eigenvalue weighted by Crippen LogP contribution is 2.63. The third kappa shape index (κ3) is 2.49. The fourth-order valence-electron chi connectivity index (χ4n) is 6.34. The standard InChI is InChI=1S/C25H32O3/c1-5-24-15-23(4,27)25(28,18-9-7-6-8-10-18)14-22(24)17(3)16(2)20-13-19(26)11-12-21(20)24/h6-13,16-17,22,26-28H,5,14-15H2,1-4H3. The van der Waals surface area contributed by atoms with Crippen molar-refractivity contribution >= 4 is 0 Å². The van der Waals surface area contributed by atoms with Crippen molar-refractivity contribution in [1.29, 1.82) is 0 Å². The zero-order valence-corrected chi connectivity index (χ0v) is 17.3.